The molecule has 0 radical (unpaired) electrons. The number of carbonyl (C=O) groups excluding carboxylic acids is 2. The maximum absolute atomic E-state index is 12.2. The van der Waals surface area contributed by atoms with Gasteiger partial charge in [-0.25, -0.2) is 14.6 Å². The lowest BCUT2D eigenvalue weighted by atomic mass is 10.0. The summed E-state index contributed by atoms with van der Waals surface area (Å²) in [5.41, 5.74) is 2.21. The third-order valence-electron chi connectivity index (χ3n) is 3.45. The van der Waals surface area contributed by atoms with Gasteiger partial charge in [-0.15, -0.1) is 11.3 Å². The first-order valence-electron chi connectivity index (χ1n) is 9.29. The molecule has 0 spiro atoms. The van der Waals surface area contributed by atoms with Gasteiger partial charge >= 0.3 is 12.2 Å². The first-order valence-corrected chi connectivity index (χ1v) is 10.2. The maximum Gasteiger partial charge on any atom is 0.514 e. The number of hydrogen-bond donors (Lipinski definition) is 1. The molecular weight excluding hydrogens is 392 g/mol. The average Bonchev–Trinajstić information content (AvgIpc) is 3.06. The Labute approximate surface area is 175 Å². The molecule has 1 aromatic heterocycles. The monoisotopic (exact) mass is 420 g/mol. The number of carbonyl (C=O) groups is 2. The van der Waals surface area contributed by atoms with Crippen molar-refractivity contribution in [1.29, 1.82) is 0 Å². The van der Waals surface area contributed by atoms with Gasteiger partial charge in [0.1, 0.15) is 17.0 Å². The Morgan fingerprint density at radius 2 is 1.66 bits per heavy atom. The molecule has 8 heteroatoms. The Balaban J connectivity index is 2.03. The van der Waals surface area contributed by atoms with Crippen LogP contribution in [0.3, 0.4) is 0 Å². The lowest BCUT2D eigenvalue weighted by Crippen LogP contribution is -2.35. The van der Waals surface area contributed by atoms with Crippen LogP contribution >= 0.6 is 11.3 Å². The van der Waals surface area contributed by atoms with Gasteiger partial charge in [0.15, 0.2) is 0 Å². The van der Waals surface area contributed by atoms with Crippen molar-refractivity contribution < 1.29 is 23.8 Å². The second-order valence-electron chi connectivity index (χ2n) is 8.53. The number of nitrogens with one attached hydrogen (secondary N) is 1. The summed E-state index contributed by atoms with van der Waals surface area (Å²) >= 11 is 1.46. The fourth-order valence-electron chi connectivity index (χ4n) is 2.37. The van der Waals surface area contributed by atoms with E-state index in [9.17, 15) is 9.59 Å². The largest absolute Gasteiger partial charge is 0.514 e. The molecule has 0 saturated carbocycles. The van der Waals surface area contributed by atoms with Crippen molar-refractivity contribution in [3.8, 4) is 5.75 Å². The average molecular weight is 421 g/mol. The highest BCUT2D eigenvalue weighted by Crippen LogP contribution is 2.22. The second-order valence-corrected chi connectivity index (χ2v) is 9.25. The van der Waals surface area contributed by atoms with E-state index in [1.165, 1.54) is 11.3 Å². The molecular formula is C21H28N2O5S. The van der Waals surface area contributed by atoms with Crippen LogP contribution in [-0.4, -0.2) is 28.4 Å². The summed E-state index contributed by atoms with van der Waals surface area (Å²) in [4.78, 5) is 28.3. The number of alkyl carbamates (subject to hydrolysis) is 1. The summed E-state index contributed by atoms with van der Waals surface area (Å²) in [6.45, 7) is 10.8. The van der Waals surface area contributed by atoms with Gasteiger partial charge in [-0.1, -0.05) is 12.1 Å². The van der Waals surface area contributed by atoms with Crippen molar-refractivity contribution in [2.75, 3.05) is 0 Å². The molecule has 29 heavy (non-hydrogen) atoms. The maximum atomic E-state index is 12.2. The number of nitrogens with zero attached hydrogens (tertiary/aromatic N) is 1. The van der Waals surface area contributed by atoms with Crippen molar-refractivity contribution in [2.24, 2.45) is 0 Å². The molecule has 1 N–H and O–H groups in total. The normalized spacial score (nSPS) is 12.8. The fourth-order valence-corrected chi connectivity index (χ4v) is 2.98. The van der Waals surface area contributed by atoms with E-state index in [0.29, 0.717) is 12.2 Å². The standard InChI is InChI=1S/C21H28N2O5S/c1-20(2,3)27-18(24)23-16(17-12-29-13-22-17)11-14-7-9-15(10-8-14)26-19(25)28-21(4,5)6/h7-10,12-13,16H,11H2,1-6H3,(H,23,24)/t16-/m0/s1. The molecule has 2 aromatic rings. The summed E-state index contributed by atoms with van der Waals surface area (Å²) in [6, 6.07) is 6.69. The molecule has 0 aliphatic rings. The van der Waals surface area contributed by atoms with Crippen LogP contribution in [0.5, 0.6) is 5.75 Å². The quantitative estimate of drug-likeness (QED) is 0.524. The minimum Gasteiger partial charge on any atom is -0.444 e. The number of rotatable bonds is 5. The number of hydrogen-bond acceptors (Lipinski definition) is 7. The van der Waals surface area contributed by atoms with E-state index in [1.54, 1.807) is 38.4 Å². The first-order chi connectivity index (χ1) is 13.4. The van der Waals surface area contributed by atoms with E-state index >= 15 is 0 Å². The van der Waals surface area contributed by atoms with Crippen molar-refractivity contribution in [3.63, 3.8) is 0 Å². The van der Waals surface area contributed by atoms with Gasteiger partial charge in [-0.3, -0.25) is 0 Å². The molecule has 1 amide bonds. The zero-order valence-electron chi connectivity index (χ0n) is 17.6. The third kappa shape index (κ3) is 8.51. The van der Waals surface area contributed by atoms with Crippen molar-refractivity contribution in [3.05, 3.63) is 46.4 Å². The zero-order chi connectivity index (χ0) is 21.7. The van der Waals surface area contributed by atoms with Crippen LogP contribution in [-0.2, 0) is 15.9 Å². The molecule has 0 aliphatic heterocycles. The van der Waals surface area contributed by atoms with Gasteiger partial charge in [0.05, 0.1) is 17.2 Å². The Kier molecular flexibility index (Phi) is 7.24. The van der Waals surface area contributed by atoms with Gasteiger partial charge in [-0.2, -0.15) is 0 Å². The highest BCUT2D eigenvalue weighted by Gasteiger charge is 2.22. The number of amides is 1. The van der Waals surface area contributed by atoms with E-state index in [-0.39, 0.29) is 6.04 Å². The first kappa shape index (κ1) is 22.7. The minimum absolute atomic E-state index is 0.339. The second kappa shape index (κ2) is 9.26. The fraction of sp³-hybridized carbons (Fsp3) is 0.476. The van der Waals surface area contributed by atoms with Crippen molar-refractivity contribution in [2.45, 2.75) is 65.2 Å². The Hall–Kier alpha value is -2.61. The minimum atomic E-state index is -0.753. The van der Waals surface area contributed by atoms with Crippen molar-refractivity contribution in [1.82, 2.24) is 10.3 Å². The number of ether oxygens (including phenoxy) is 3. The van der Waals surface area contributed by atoms with Crippen LogP contribution in [0.25, 0.3) is 0 Å². The predicted molar refractivity (Wildman–Crippen MR) is 111 cm³/mol. The van der Waals surface area contributed by atoms with Crippen LogP contribution in [0.4, 0.5) is 9.59 Å². The summed E-state index contributed by atoms with van der Waals surface area (Å²) in [5.74, 6) is 0.383. The van der Waals surface area contributed by atoms with Crippen LogP contribution < -0.4 is 10.1 Å². The van der Waals surface area contributed by atoms with E-state index in [4.69, 9.17) is 14.2 Å². The highest BCUT2D eigenvalue weighted by molar-refractivity contribution is 7.07. The van der Waals surface area contributed by atoms with Gasteiger partial charge in [0.2, 0.25) is 0 Å². The van der Waals surface area contributed by atoms with Crippen LogP contribution in [0.2, 0.25) is 0 Å². The SMILES string of the molecule is CC(C)(C)OC(=O)N[C@@H](Cc1ccc(OC(=O)OC(C)(C)C)cc1)c1cscn1. The molecule has 7 nitrogen and oxygen atoms in total. The van der Waals surface area contributed by atoms with Crippen LogP contribution in [0, 0.1) is 0 Å². The number of thiazole rings is 1. The molecule has 0 unspecified atom stereocenters. The van der Waals surface area contributed by atoms with Crippen LogP contribution in [0.1, 0.15) is 58.8 Å². The molecule has 2 rings (SSSR count). The number of benzene rings is 1. The van der Waals surface area contributed by atoms with E-state index in [1.807, 2.05) is 38.3 Å². The van der Waals surface area contributed by atoms with Crippen LogP contribution in [0.15, 0.2) is 35.2 Å². The smallest absolute Gasteiger partial charge is 0.444 e. The third-order valence-corrected chi connectivity index (χ3v) is 4.06. The molecule has 1 heterocycles. The lowest BCUT2D eigenvalue weighted by molar-refractivity contribution is 0.0205. The van der Waals surface area contributed by atoms with Gasteiger partial charge in [0, 0.05) is 5.38 Å². The zero-order valence-corrected chi connectivity index (χ0v) is 18.5. The molecule has 1 aromatic carbocycles. The summed E-state index contributed by atoms with van der Waals surface area (Å²) in [6.07, 6.45) is -0.743. The molecule has 0 fully saturated rings. The van der Waals surface area contributed by atoms with E-state index in [0.717, 1.165) is 11.3 Å². The Morgan fingerprint density at radius 3 is 2.17 bits per heavy atom. The van der Waals surface area contributed by atoms with Crippen molar-refractivity contribution >= 4 is 23.6 Å². The molecule has 1 atom stereocenters. The highest BCUT2D eigenvalue weighted by atomic mass is 32.1. The molecule has 158 valence electrons. The van der Waals surface area contributed by atoms with E-state index in [2.05, 4.69) is 10.3 Å². The molecule has 0 saturated heterocycles. The molecule has 0 aliphatic carbocycles. The Bertz CT molecular complexity index is 805. The topological polar surface area (TPSA) is 86.8 Å². The summed E-state index contributed by atoms with van der Waals surface area (Å²) in [5, 5.41) is 4.77. The molecule has 0 bridgehead atoms. The summed E-state index contributed by atoms with van der Waals surface area (Å²) < 4.78 is 15.7. The summed E-state index contributed by atoms with van der Waals surface area (Å²) in [7, 11) is 0. The Morgan fingerprint density at radius 1 is 1.03 bits per heavy atom. The van der Waals surface area contributed by atoms with Gasteiger partial charge in [0.25, 0.3) is 0 Å². The van der Waals surface area contributed by atoms with E-state index < -0.39 is 23.5 Å². The van der Waals surface area contributed by atoms with Gasteiger partial charge in [-0.05, 0) is 65.7 Å². The number of aromatic nitrogens is 1. The van der Waals surface area contributed by atoms with Gasteiger partial charge < -0.3 is 19.5 Å². The lowest BCUT2D eigenvalue weighted by Gasteiger charge is -2.23. The predicted octanol–water partition coefficient (Wildman–Crippen LogP) is 5.27.